The quantitative estimate of drug-likeness (QED) is 0.538. The van der Waals surface area contributed by atoms with E-state index in [-0.39, 0.29) is 6.10 Å². The highest BCUT2D eigenvalue weighted by molar-refractivity contribution is 5.80. The van der Waals surface area contributed by atoms with Crippen LogP contribution < -0.4 is 0 Å². The molecule has 2 bridgehead atoms. The average Bonchev–Trinajstić information content (AvgIpc) is 2.07. The largest absolute Gasteiger partial charge is 0.393 e. The van der Waals surface area contributed by atoms with Gasteiger partial charge >= 0.3 is 0 Å². The lowest BCUT2D eigenvalue weighted by Crippen LogP contribution is -2.18. The lowest BCUT2D eigenvalue weighted by atomic mass is 9.88. The maximum Gasteiger partial charge on any atom is 0.133 e. The summed E-state index contributed by atoms with van der Waals surface area (Å²) in [6.07, 6.45) is 3.16. The summed E-state index contributed by atoms with van der Waals surface area (Å²) < 4.78 is 0. The predicted octanol–water partition coefficient (Wildman–Crippen LogP) is 0.736. The summed E-state index contributed by atoms with van der Waals surface area (Å²) in [7, 11) is 0. The van der Waals surface area contributed by atoms with Crippen molar-refractivity contribution in [3.05, 3.63) is 0 Å². The Kier molecular flexibility index (Phi) is 1.31. The summed E-state index contributed by atoms with van der Waals surface area (Å²) in [5.41, 5.74) is 0. The zero-order chi connectivity index (χ0) is 7.14. The second-order valence-electron chi connectivity index (χ2n) is 3.61. The van der Waals surface area contributed by atoms with Crippen LogP contribution in [0.4, 0.5) is 0 Å². The van der Waals surface area contributed by atoms with Crippen molar-refractivity contribution in [2.45, 2.75) is 31.8 Å². The second kappa shape index (κ2) is 2.06. The molecule has 0 heterocycles. The van der Waals surface area contributed by atoms with E-state index in [9.17, 15) is 9.90 Å². The van der Waals surface area contributed by atoms with Gasteiger partial charge in [0, 0.05) is 12.8 Å². The van der Waals surface area contributed by atoms with Gasteiger partial charge < -0.3 is 5.11 Å². The van der Waals surface area contributed by atoms with Gasteiger partial charge in [0.05, 0.1) is 6.10 Å². The minimum absolute atomic E-state index is 0.170. The second-order valence-corrected chi connectivity index (χ2v) is 3.61. The van der Waals surface area contributed by atoms with Gasteiger partial charge in [-0.2, -0.15) is 0 Å². The number of carbonyl (C=O) groups is 1. The Morgan fingerprint density at radius 1 is 1.30 bits per heavy atom. The summed E-state index contributed by atoms with van der Waals surface area (Å²) in [5, 5.41) is 9.36. The number of hydrogen-bond donors (Lipinski definition) is 1. The number of fused-ring (bicyclic) bond motifs is 2. The molecule has 0 unspecified atom stereocenters. The molecule has 2 aliphatic carbocycles. The lowest BCUT2D eigenvalue weighted by molar-refractivity contribution is -0.122. The fourth-order valence-electron chi connectivity index (χ4n) is 2.30. The smallest absolute Gasteiger partial charge is 0.133 e. The highest BCUT2D eigenvalue weighted by Crippen LogP contribution is 2.40. The number of ketones is 1. The van der Waals surface area contributed by atoms with Crippen LogP contribution in [0.5, 0.6) is 0 Å². The normalized spacial score (nSPS) is 46.1. The van der Waals surface area contributed by atoms with Crippen molar-refractivity contribution in [1.82, 2.24) is 0 Å². The van der Waals surface area contributed by atoms with Gasteiger partial charge in [-0.1, -0.05) is 0 Å². The number of hydrogen-bond acceptors (Lipinski definition) is 2. The van der Waals surface area contributed by atoms with E-state index in [4.69, 9.17) is 0 Å². The summed E-state index contributed by atoms with van der Waals surface area (Å²) in [5.74, 6) is 1.19. The van der Waals surface area contributed by atoms with Gasteiger partial charge in [-0.05, 0) is 24.7 Å². The van der Waals surface area contributed by atoms with Crippen LogP contribution in [0.25, 0.3) is 0 Å². The molecule has 2 rings (SSSR count). The molecule has 56 valence electrons. The third-order valence-corrected chi connectivity index (χ3v) is 2.76. The first-order chi connectivity index (χ1) is 4.75. The van der Waals surface area contributed by atoms with E-state index in [1.54, 1.807) is 0 Å². The van der Waals surface area contributed by atoms with Gasteiger partial charge in [0.15, 0.2) is 0 Å². The summed E-state index contributed by atoms with van der Waals surface area (Å²) in [4.78, 5) is 11.0. The third-order valence-electron chi connectivity index (χ3n) is 2.76. The van der Waals surface area contributed by atoms with E-state index in [1.165, 1.54) is 0 Å². The fourth-order valence-corrected chi connectivity index (χ4v) is 2.30. The van der Waals surface area contributed by atoms with Gasteiger partial charge in [0.2, 0.25) is 0 Å². The van der Waals surface area contributed by atoms with Crippen molar-refractivity contribution >= 4 is 5.78 Å². The SMILES string of the molecule is O=C1C[C@H]2C[C@@H](C1)[C@H](O)C2. The van der Waals surface area contributed by atoms with Crippen molar-refractivity contribution in [3.8, 4) is 0 Å². The maximum atomic E-state index is 11.0. The first-order valence-electron chi connectivity index (χ1n) is 3.95. The predicted molar refractivity (Wildman–Crippen MR) is 36.5 cm³/mol. The Morgan fingerprint density at radius 3 is 2.80 bits per heavy atom. The van der Waals surface area contributed by atoms with Crippen LogP contribution >= 0.6 is 0 Å². The molecule has 2 saturated carbocycles. The Bertz CT molecular complexity index is 163. The van der Waals surface area contributed by atoms with E-state index >= 15 is 0 Å². The topological polar surface area (TPSA) is 37.3 Å². The number of Topliss-reactive ketones (excluding diaryl/α,β-unsaturated/α-hetero) is 1. The zero-order valence-electron chi connectivity index (χ0n) is 5.92. The van der Waals surface area contributed by atoms with Crippen LogP contribution in [0, 0.1) is 11.8 Å². The molecule has 10 heavy (non-hydrogen) atoms. The Morgan fingerprint density at radius 2 is 2.10 bits per heavy atom. The molecular weight excluding hydrogens is 128 g/mol. The van der Waals surface area contributed by atoms with Gasteiger partial charge in [-0.15, -0.1) is 0 Å². The van der Waals surface area contributed by atoms with Crippen LogP contribution in [-0.4, -0.2) is 17.0 Å². The summed E-state index contributed by atoms with van der Waals surface area (Å²) in [6.45, 7) is 0. The minimum Gasteiger partial charge on any atom is -0.393 e. The Hall–Kier alpha value is -0.370. The fraction of sp³-hybridized carbons (Fsp3) is 0.875. The first kappa shape index (κ1) is 6.35. The molecule has 2 aliphatic rings. The molecule has 0 saturated heterocycles. The lowest BCUT2D eigenvalue weighted by Gasteiger charge is -2.16. The van der Waals surface area contributed by atoms with Gasteiger partial charge in [0.1, 0.15) is 5.78 Å². The number of aliphatic hydroxyl groups excluding tert-OH is 1. The van der Waals surface area contributed by atoms with Crippen LogP contribution in [0.1, 0.15) is 25.7 Å². The first-order valence-corrected chi connectivity index (χ1v) is 3.95. The molecule has 0 aromatic heterocycles. The number of aliphatic hydroxyl groups is 1. The van der Waals surface area contributed by atoms with Crippen molar-refractivity contribution in [2.24, 2.45) is 11.8 Å². The molecule has 3 atom stereocenters. The van der Waals surface area contributed by atoms with Crippen molar-refractivity contribution in [2.75, 3.05) is 0 Å². The van der Waals surface area contributed by atoms with Crippen LogP contribution in [-0.2, 0) is 4.79 Å². The molecule has 2 fully saturated rings. The minimum atomic E-state index is -0.170. The van der Waals surface area contributed by atoms with E-state index in [0.29, 0.717) is 24.0 Å². The van der Waals surface area contributed by atoms with Gasteiger partial charge in [-0.25, -0.2) is 0 Å². The monoisotopic (exact) mass is 140 g/mol. The molecule has 0 aromatic carbocycles. The van der Waals surface area contributed by atoms with E-state index in [1.807, 2.05) is 0 Å². The Balaban J connectivity index is 2.13. The summed E-state index contributed by atoms with van der Waals surface area (Å²) in [6, 6.07) is 0. The maximum absolute atomic E-state index is 11.0. The molecule has 0 amide bonds. The average molecular weight is 140 g/mol. The molecular formula is C8H12O2. The van der Waals surface area contributed by atoms with Crippen molar-refractivity contribution in [1.29, 1.82) is 0 Å². The molecule has 0 radical (unpaired) electrons. The molecule has 0 aliphatic heterocycles. The van der Waals surface area contributed by atoms with E-state index < -0.39 is 0 Å². The number of carbonyl (C=O) groups excluding carboxylic acids is 1. The van der Waals surface area contributed by atoms with Gasteiger partial charge in [0.25, 0.3) is 0 Å². The highest BCUT2D eigenvalue weighted by Gasteiger charge is 2.39. The van der Waals surface area contributed by atoms with E-state index in [2.05, 4.69) is 0 Å². The van der Waals surface area contributed by atoms with Crippen LogP contribution in [0.3, 0.4) is 0 Å². The number of rotatable bonds is 0. The summed E-state index contributed by atoms with van der Waals surface area (Å²) >= 11 is 0. The standard InChI is InChI=1S/C8H12O2/c9-7-2-5-1-6(4-7)8(10)3-5/h5-6,8,10H,1-4H2/t5-,6+,8-/m1/s1. The van der Waals surface area contributed by atoms with Crippen LogP contribution in [0.15, 0.2) is 0 Å². The zero-order valence-corrected chi connectivity index (χ0v) is 5.92. The molecule has 2 nitrogen and oxygen atoms in total. The van der Waals surface area contributed by atoms with E-state index in [0.717, 1.165) is 19.3 Å². The Labute approximate surface area is 60.2 Å². The molecule has 1 N–H and O–H groups in total. The van der Waals surface area contributed by atoms with Crippen molar-refractivity contribution in [3.63, 3.8) is 0 Å². The van der Waals surface area contributed by atoms with Gasteiger partial charge in [-0.3, -0.25) is 4.79 Å². The molecule has 2 heteroatoms. The van der Waals surface area contributed by atoms with Crippen LogP contribution in [0.2, 0.25) is 0 Å². The molecule has 0 aromatic rings. The van der Waals surface area contributed by atoms with Crippen molar-refractivity contribution < 1.29 is 9.90 Å². The molecule has 0 spiro atoms. The third kappa shape index (κ3) is 0.870. The highest BCUT2D eigenvalue weighted by atomic mass is 16.3.